The summed E-state index contributed by atoms with van der Waals surface area (Å²) in [7, 11) is 0. The summed E-state index contributed by atoms with van der Waals surface area (Å²) in [6, 6.07) is 7.97. The van der Waals surface area contributed by atoms with Crippen LogP contribution >= 0.6 is 39.1 Å². The largest absolute Gasteiger partial charge is 0.220 e. The molecule has 0 bridgehead atoms. The van der Waals surface area contributed by atoms with E-state index in [0.29, 0.717) is 28.1 Å². The molecule has 0 aliphatic rings. The molecule has 2 nitrogen and oxygen atoms in total. The van der Waals surface area contributed by atoms with Gasteiger partial charge in [-0.05, 0) is 24.6 Å². The van der Waals surface area contributed by atoms with E-state index in [1.807, 2.05) is 24.3 Å². The highest BCUT2D eigenvalue weighted by Gasteiger charge is 2.08. The highest BCUT2D eigenvalue weighted by atomic mass is 79.9. The van der Waals surface area contributed by atoms with Gasteiger partial charge in [0.25, 0.3) is 0 Å². The lowest BCUT2D eigenvalue weighted by molar-refractivity contribution is 0.956. The third-order valence-corrected chi connectivity index (χ3v) is 3.55. The molecule has 0 amide bonds. The van der Waals surface area contributed by atoms with Gasteiger partial charge in [-0.25, -0.2) is 9.97 Å². The first kappa shape index (κ1) is 12.8. The zero-order valence-electron chi connectivity index (χ0n) is 9.04. The quantitative estimate of drug-likeness (QED) is 0.760. The topological polar surface area (TPSA) is 25.8 Å². The average molecular weight is 332 g/mol. The Hall–Kier alpha value is -0.640. The Morgan fingerprint density at radius 1 is 1.18 bits per heavy atom. The van der Waals surface area contributed by atoms with Gasteiger partial charge in [0.15, 0.2) is 0 Å². The highest BCUT2D eigenvalue weighted by molar-refractivity contribution is 9.10. The molecule has 5 heteroatoms. The van der Waals surface area contributed by atoms with Crippen LogP contribution in [0, 0.1) is 6.92 Å². The molecular weight excluding hydrogens is 323 g/mol. The number of hydrogen-bond donors (Lipinski definition) is 0. The van der Waals surface area contributed by atoms with Crippen LogP contribution in [0.1, 0.15) is 17.0 Å². The molecule has 0 aliphatic carbocycles. The van der Waals surface area contributed by atoms with Crippen LogP contribution < -0.4 is 0 Å². The van der Waals surface area contributed by atoms with Crippen molar-refractivity contribution < 1.29 is 0 Å². The lowest BCUT2D eigenvalue weighted by Crippen LogP contribution is -1.99. The van der Waals surface area contributed by atoms with Gasteiger partial charge in [0.1, 0.15) is 16.1 Å². The smallest absolute Gasteiger partial charge is 0.137 e. The summed E-state index contributed by atoms with van der Waals surface area (Å²) in [5.74, 6) is 0.628. The van der Waals surface area contributed by atoms with Gasteiger partial charge in [-0.1, -0.05) is 51.3 Å². The van der Waals surface area contributed by atoms with Gasteiger partial charge in [-0.15, -0.1) is 0 Å². The summed E-state index contributed by atoms with van der Waals surface area (Å²) in [4.78, 5) is 8.43. The summed E-state index contributed by atoms with van der Waals surface area (Å²) in [6.45, 7) is 1.80. The molecule has 2 rings (SSSR count). The van der Waals surface area contributed by atoms with Crippen LogP contribution in [0.25, 0.3) is 0 Å². The Balaban J connectivity index is 2.31. The second-order valence-electron chi connectivity index (χ2n) is 3.65. The fourth-order valence-corrected chi connectivity index (χ4v) is 2.28. The minimum Gasteiger partial charge on any atom is -0.220 e. The van der Waals surface area contributed by atoms with Gasteiger partial charge in [0, 0.05) is 16.5 Å². The molecule has 1 aromatic heterocycles. The first-order chi connectivity index (χ1) is 8.06. The van der Waals surface area contributed by atoms with Crippen molar-refractivity contribution in [2.75, 3.05) is 0 Å². The molecule has 0 radical (unpaired) electrons. The lowest BCUT2D eigenvalue weighted by atomic mass is 10.1. The normalized spacial score (nSPS) is 10.6. The predicted octanol–water partition coefficient (Wildman–Crippen LogP) is 4.45. The molecule has 0 unspecified atom stereocenters. The molecule has 0 saturated carbocycles. The summed E-state index contributed by atoms with van der Waals surface area (Å²) in [6.07, 6.45) is 0.610. The summed E-state index contributed by atoms with van der Waals surface area (Å²) in [5.41, 5.74) is 1.82. The van der Waals surface area contributed by atoms with Crippen molar-refractivity contribution in [1.29, 1.82) is 0 Å². The monoisotopic (exact) mass is 330 g/mol. The SMILES string of the molecule is Cc1c(Cl)nc(Cc2cccc(Br)c2)nc1Cl. The Kier molecular flexibility index (Phi) is 4.02. The number of aromatic nitrogens is 2. The number of halogens is 3. The van der Waals surface area contributed by atoms with Crippen molar-refractivity contribution in [2.24, 2.45) is 0 Å². The second-order valence-corrected chi connectivity index (χ2v) is 5.28. The van der Waals surface area contributed by atoms with Gasteiger partial charge in [-0.3, -0.25) is 0 Å². The third-order valence-electron chi connectivity index (χ3n) is 2.32. The molecule has 1 heterocycles. The maximum Gasteiger partial charge on any atom is 0.137 e. The number of benzene rings is 1. The maximum absolute atomic E-state index is 5.97. The molecule has 17 heavy (non-hydrogen) atoms. The minimum atomic E-state index is 0.412. The zero-order chi connectivity index (χ0) is 12.4. The van der Waals surface area contributed by atoms with Gasteiger partial charge in [0.2, 0.25) is 0 Å². The Bertz CT molecular complexity index is 535. The van der Waals surface area contributed by atoms with E-state index in [0.717, 1.165) is 10.0 Å². The lowest BCUT2D eigenvalue weighted by Gasteiger charge is -2.05. The maximum atomic E-state index is 5.97. The van der Waals surface area contributed by atoms with E-state index in [1.54, 1.807) is 6.92 Å². The van der Waals surface area contributed by atoms with Crippen molar-refractivity contribution >= 4 is 39.1 Å². The molecule has 0 fully saturated rings. The van der Waals surface area contributed by atoms with Crippen molar-refractivity contribution in [3.05, 3.63) is 56.0 Å². The predicted molar refractivity (Wildman–Crippen MR) is 73.7 cm³/mol. The number of rotatable bonds is 2. The first-order valence-electron chi connectivity index (χ1n) is 4.99. The van der Waals surface area contributed by atoms with Gasteiger partial charge < -0.3 is 0 Å². The summed E-state index contributed by atoms with van der Waals surface area (Å²) < 4.78 is 1.03. The van der Waals surface area contributed by atoms with Crippen LogP contribution in [0.2, 0.25) is 10.3 Å². The van der Waals surface area contributed by atoms with Crippen LogP contribution in [-0.4, -0.2) is 9.97 Å². The molecule has 0 N–H and O–H groups in total. The molecule has 88 valence electrons. The Labute approximate surface area is 118 Å². The van der Waals surface area contributed by atoms with Gasteiger partial charge in [-0.2, -0.15) is 0 Å². The minimum absolute atomic E-state index is 0.412. The van der Waals surface area contributed by atoms with E-state index in [2.05, 4.69) is 25.9 Å². The molecular formula is C12H9BrCl2N2. The molecule has 0 aliphatic heterocycles. The van der Waals surface area contributed by atoms with Crippen molar-refractivity contribution in [1.82, 2.24) is 9.97 Å². The van der Waals surface area contributed by atoms with Crippen LogP contribution in [0.15, 0.2) is 28.7 Å². The van der Waals surface area contributed by atoms with E-state index in [1.165, 1.54) is 0 Å². The fourth-order valence-electron chi connectivity index (χ4n) is 1.41. The van der Waals surface area contributed by atoms with Crippen LogP contribution in [0.4, 0.5) is 0 Å². The van der Waals surface area contributed by atoms with Crippen LogP contribution in [0.5, 0.6) is 0 Å². The van der Waals surface area contributed by atoms with Gasteiger partial charge >= 0.3 is 0 Å². The molecule has 2 aromatic rings. The van der Waals surface area contributed by atoms with Crippen LogP contribution in [0.3, 0.4) is 0 Å². The van der Waals surface area contributed by atoms with E-state index in [9.17, 15) is 0 Å². The Morgan fingerprint density at radius 3 is 2.41 bits per heavy atom. The fraction of sp³-hybridized carbons (Fsp3) is 0.167. The zero-order valence-corrected chi connectivity index (χ0v) is 12.1. The summed E-state index contributed by atoms with van der Waals surface area (Å²) >= 11 is 15.4. The first-order valence-corrected chi connectivity index (χ1v) is 6.54. The summed E-state index contributed by atoms with van der Waals surface area (Å²) in [5, 5.41) is 0.824. The van der Waals surface area contributed by atoms with Crippen molar-refractivity contribution in [2.45, 2.75) is 13.3 Å². The van der Waals surface area contributed by atoms with Gasteiger partial charge in [0.05, 0.1) is 0 Å². The Morgan fingerprint density at radius 2 is 1.82 bits per heavy atom. The van der Waals surface area contributed by atoms with Crippen LogP contribution in [-0.2, 0) is 6.42 Å². The standard InChI is InChI=1S/C12H9BrCl2N2/c1-7-11(14)16-10(17-12(7)15)6-8-3-2-4-9(13)5-8/h2-5H,6H2,1H3. The van der Waals surface area contributed by atoms with Crippen molar-refractivity contribution in [3.63, 3.8) is 0 Å². The second kappa shape index (κ2) is 5.34. The van der Waals surface area contributed by atoms with E-state index in [-0.39, 0.29) is 0 Å². The molecule has 0 atom stereocenters. The molecule has 1 aromatic carbocycles. The van der Waals surface area contributed by atoms with E-state index in [4.69, 9.17) is 23.2 Å². The third kappa shape index (κ3) is 3.18. The van der Waals surface area contributed by atoms with Crippen molar-refractivity contribution in [3.8, 4) is 0 Å². The number of nitrogens with zero attached hydrogens (tertiary/aromatic N) is 2. The average Bonchev–Trinajstić information content (AvgIpc) is 2.26. The highest BCUT2D eigenvalue weighted by Crippen LogP contribution is 2.21. The van der Waals surface area contributed by atoms with E-state index >= 15 is 0 Å². The number of hydrogen-bond acceptors (Lipinski definition) is 2. The van der Waals surface area contributed by atoms with E-state index < -0.39 is 0 Å². The molecule has 0 saturated heterocycles. The molecule has 0 spiro atoms.